The summed E-state index contributed by atoms with van der Waals surface area (Å²) < 4.78 is 1.82. The lowest BCUT2D eigenvalue weighted by molar-refractivity contribution is 0.690. The lowest BCUT2D eigenvalue weighted by atomic mass is 10.2. The van der Waals surface area contributed by atoms with Crippen LogP contribution in [0.2, 0.25) is 10.0 Å². The summed E-state index contributed by atoms with van der Waals surface area (Å²) in [5.74, 6) is 0.663. The molecule has 1 heterocycles. The maximum atomic E-state index is 6.00. The molecule has 0 fully saturated rings. The van der Waals surface area contributed by atoms with Gasteiger partial charge in [0, 0.05) is 28.0 Å². The largest absolute Gasteiger partial charge is 0.332 e. The molecule has 0 radical (unpaired) electrons. The molecule has 0 aliphatic carbocycles. The number of benzene rings is 2. The zero-order valence-electron chi connectivity index (χ0n) is 12.5. The fraction of sp³-hybridized carbons (Fsp3) is 0.0588. The number of aromatic nitrogens is 2. The van der Waals surface area contributed by atoms with Crippen LogP contribution in [0.25, 0.3) is 0 Å². The smallest absolute Gasteiger partial charge is 0.176 e. The number of nitrogens with one attached hydrogen (secondary N) is 2. The van der Waals surface area contributed by atoms with Gasteiger partial charge in [0.05, 0.1) is 6.54 Å². The normalized spacial score (nSPS) is 10.4. The molecule has 0 saturated carbocycles. The molecular weight excluding hydrogens is 363 g/mol. The van der Waals surface area contributed by atoms with Crippen molar-refractivity contribution in [2.75, 3.05) is 10.6 Å². The molecule has 3 rings (SSSR count). The lowest BCUT2D eigenvalue weighted by Crippen LogP contribution is -2.19. The molecule has 24 heavy (non-hydrogen) atoms. The molecule has 7 heteroatoms. The minimum absolute atomic E-state index is 0.449. The van der Waals surface area contributed by atoms with Gasteiger partial charge < -0.3 is 10.6 Å². The highest BCUT2D eigenvalue weighted by molar-refractivity contribution is 7.80. The second-order valence-corrected chi connectivity index (χ2v) is 6.40. The van der Waals surface area contributed by atoms with E-state index in [1.165, 1.54) is 0 Å². The van der Waals surface area contributed by atoms with Gasteiger partial charge in [-0.25, -0.2) is 0 Å². The summed E-state index contributed by atoms with van der Waals surface area (Å²) in [6, 6.07) is 16.9. The molecule has 4 nitrogen and oxygen atoms in total. The van der Waals surface area contributed by atoms with Gasteiger partial charge >= 0.3 is 0 Å². The first-order valence-electron chi connectivity index (χ1n) is 7.20. The molecule has 122 valence electrons. The van der Waals surface area contributed by atoms with Crippen LogP contribution in [0.15, 0.2) is 60.8 Å². The fourth-order valence-corrected chi connectivity index (χ4v) is 2.81. The maximum Gasteiger partial charge on any atom is 0.176 e. The summed E-state index contributed by atoms with van der Waals surface area (Å²) in [6.07, 6.45) is 1.88. The van der Waals surface area contributed by atoms with Crippen LogP contribution in [0.1, 0.15) is 5.56 Å². The van der Waals surface area contributed by atoms with Crippen molar-refractivity contribution >= 4 is 52.0 Å². The fourth-order valence-electron chi connectivity index (χ4n) is 2.18. The van der Waals surface area contributed by atoms with E-state index in [2.05, 4.69) is 15.7 Å². The van der Waals surface area contributed by atoms with E-state index in [1.807, 2.05) is 53.3 Å². The predicted octanol–water partition coefficient (Wildman–Crippen LogP) is 5.05. The van der Waals surface area contributed by atoms with Crippen molar-refractivity contribution in [1.82, 2.24) is 9.78 Å². The predicted molar refractivity (Wildman–Crippen MR) is 104 cm³/mol. The van der Waals surface area contributed by atoms with Crippen molar-refractivity contribution in [1.29, 1.82) is 0 Å². The second-order valence-electron chi connectivity index (χ2n) is 5.12. The molecule has 0 spiro atoms. The van der Waals surface area contributed by atoms with Gasteiger partial charge in [-0.1, -0.05) is 41.4 Å². The number of anilines is 2. The number of rotatable bonds is 4. The van der Waals surface area contributed by atoms with Crippen LogP contribution in [0, 0.1) is 0 Å². The summed E-state index contributed by atoms with van der Waals surface area (Å²) in [5, 5.41) is 12.4. The highest BCUT2D eigenvalue weighted by Gasteiger charge is 2.04. The third-order valence-corrected chi connectivity index (χ3v) is 3.87. The van der Waals surface area contributed by atoms with Crippen LogP contribution >= 0.6 is 35.4 Å². The van der Waals surface area contributed by atoms with Crippen LogP contribution in [0.3, 0.4) is 0 Å². The summed E-state index contributed by atoms with van der Waals surface area (Å²) in [5.41, 5.74) is 1.90. The molecule has 0 aliphatic heterocycles. The van der Waals surface area contributed by atoms with E-state index in [9.17, 15) is 0 Å². The zero-order valence-corrected chi connectivity index (χ0v) is 14.9. The van der Waals surface area contributed by atoms with Crippen molar-refractivity contribution < 1.29 is 0 Å². The lowest BCUT2D eigenvalue weighted by Gasteiger charge is -2.08. The van der Waals surface area contributed by atoms with Crippen molar-refractivity contribution in [2.24, 2.45) is 0 Å². The van der Waals surface area contributed by atoms with Gasteiger partial charge in [-0.2, -0.15) is 5.10 Å². The maximum absolute atomic E-state index is 6.00. The van der Waals surface area contributed by atoms with Crippen LogP contribution in [0.5, 0.6) is 0 Å². The van der Waals surface area contributed by atoms with Gasteiger partial charge in [0.2, 0.25) is 0 Å². The molecule has 3 aromatic rings. The van der Waals surface area contributed by atoms with E-state index in [4.69, 9.17) is 35.4 Å². The number of hydrogen-bond donors (Lipinski definition) is 2. The van der Waals surface area contributed by atoms with Gasteiger partial charge in [-0.05, 0) is 48.1 Å². The van der Waals surface area contributed by atoms with E-state index < -0.39 is 0 Å². The van der Waals surface area contributed by atoms with E-state index in [-0.39, 0.29) is 0 Å². The topological polar surface area (TPSA) is 41.9 Å². The molecule has 0 unspecified atom stereocenters. The monoisotopic (exact) mass is 376 g/mol. The van der Waals surface area contributed by atoms with E-state index in [0.717, 1.165) is 11.3 Å². The summed E-state index contributed by atoms with van der Waals surface area (Å²) in [6.45, 7) is 0.636. The minimum atomic E-state index is 0.449. The van der Waals surface area contributed by atoms with Crippen molar-refractivity contribution in [2.45, 2.75) is 6.54 Å². The average Bonchev–Trinajstić information content (AvgIpc) is 2.94. The quantitative estimate of drug-likeness (QED) is 0.625. The molecule has 0 bridgehead atoms. The van der Waals surface area contributed by atoms with Crippen LogP contribution < -0.4 is 10.6 Å². The third-order valence-electron chi connectivity index (χ3n) is 3.20. The molecule has 1 aromatic heterocycles. The van der Waals surface area contributed by atoms with Crippen molar-refractivity contribution in [3.8, 4) is 0 Å². The first-order chi connectivity index (χ1) is 11.6. The Morgan fingerprint density at radius 1 is 1.00 bits per heavy atom. The molecule has 2 N–H and O–H groups in total. The first-order valence-corrected chi connectivity index (χ1v) is 8.36. The number of halogens is 2. The Morgan fingerprint density at radius 3 is 2.50 bits per heavy atom. The SMILES string of the molecule is S=C(Nc1cccc(Cl)c1)Nc1ccn(Cc2cccc(Cl)c2)n1. The minimum Gasteiger partial charge on any atom is -0.332 e. The van der Waals surface area contributed by atoms with Gasteiger partial charge in [-0.3, -0.25) is 4.68 Å². The zero-order chi connectivity index (χ0) is 16.9. The van der Waals surface area contributed by atoms with Crippen LogP contribution in [0.4, 0.5) is 11.5 Å². The summed E-state index contributed by atoms with van der Waals surface area (Å²) in [4.78, 5) is 0. The average molecular weight is 377 g/mol. The first kappa shape index (κ1) is 16.8. The van der Waals surface area contributed by atoms with Gasteiger partial charge in [-0.15, -0.1) is 0 Å². The Balaban J connectivity index is 1.60. The Bertz CT molecular complexity index is 863. The number of nitrogens with zero attached hydrogens (tertiary/aromatic N) is 2. The Hall–Kier alpha value is -2.08. The summed E-state index contributed by atoms with van der Waals surface area (Å²) in [7, 11) is 0. The Morgan fingerprint density at radius 2 is 1.75 bits per heavy atom. The standard InChI is InChI=1S/C17H14Cl2N4S/c18-13-4-1-3-12(9-13)11-23-8-7-16(22-23)21-17(24)20-15-6-2-5-14(19)10-15/h1-10H,11H2,(H2,20,21,22,24). The Labute approximate surface area is 155 Å². The van der Waals surface area contributed by atoms with E-state index >= 15 is 0 Å². The third kappa shape index (κ3) is 4.71. The highest BCUT2D eigenvalue weighted by atomic mass is 35.5. The van der Waals surface area contributed by atoms with Crippen molar-refractivity contribution in [3.05, 3.63) is 76.4 Å². The van der Waals surface area contributed by atoms with E-state index in [0.29, 0.717) is 27.5 Å². The van der Waals surface area contributed by atoms with Gasteiger partial charge in [0.15, 0.2) is 10.9 Å². The number of hydrogen-bond acceptors (Lipinski definition) is 2. The molecule has 0 atom stereocenters. The van der Waals surface area contributed by atoms with E-state index in [1.54, 1.807) is 12.1 Å². The molecule has 0 amide bonds. The highest BCUT2D eigenvalue weighted by Crippen LogP contribution is 2.16. The van der Waals surface area contributed by atoms with Gasteiger partial charge in [0.25, 0.3) is 0 Å². The number of thiocarbonyl (C=S) groups is 1. The van der Waals surface area contributed by atoms with Gasteiger partial charge in [0.1, 0.15) is 0 Å². The summed E-state index contributed by atoms with van der Waals surface area (Å²) >= 11 is 17.2. The molecule has 0 aliphatic rings. The molecule has 0 saturated heterocycles. The van der Waals surface area contributed by atoms with Crippen LogP contribution in [-0.4, -0.2) is 14.9 Å². The molecular formula is C17H14Cl2N4S. The van der Waals surface area contributed by atoms with Crippen molar-refractivity contribution in [3.63, 3.8) is 0 Å². The molecule has 2 aromatic carbocycles. The van der Waals surface area contributed by atoms with Crippen LogP contribution in [-0.2, 0) is 6.54 Å². The Kier molecular flexibility index (Phi) is 5.35. The second kappa shape index (κ2) is 7.66.